The Labute approximate surface area is 149 Å². The number of carbonyl (C=O) groups is 1. The molecule has 2 aromatic carbocycles. The summed E-state index contributed by atoms with van der Waals surface area (Å²) < 4.78 is 5.76. The number of nitrogens with zero attached hydrogens (tertiary/aromatic N) is 1. The second kappa shape index (κ2) is 8.22. The zero-order valence-corrected chi connectivity index (χ0v) is 15.3. The van der Waals surface area contributed by atoms with Gasteiger partial charge in [0.1, 0.15) is 12.4 Å². The molecule has 4 nitrogen and oxygen atoms in total. The summed E-state index contributed by atoms with van der Waals surface area (Å²) in [6, 6.07) is 15.0. The van der Waals surface area contributed by atoms with Crippen molar-refractivity contribution in [2.75, 3.05) is 26.0 Å². The predicted octanol–water partition coefficient (Wildman–Crippen LogP) is 4.95. The number of ether oxygens (including phenoxy) is 1. The molecule has 1 N–H and O–H groups in total. The molecule has 0 aliphatic carbocycles. The highest BCUT2D eigenvalue weighted by molar-refractivity contribution is 9.09. The van der Waals surface area contributed by atoms with Gasteiger partial charge in [0, 0.05) is 19.8 Å². The fourth-order valence-electron chi connectivity index (χ4n) is 1.85. The van der Waals surface area contributed by atoms with Crippen molar-refractivity contribution in [1.29, 1.82) is 0 Å². The summed E-state index contributed by atoms with van der Waals surface area (Å²) in [5.41, 5.74) is 1.76. The molecule has 0 saturated heterocycles. The fraction of sp³-hybridized carbons (Fsp3) is 0.235. The van der Waals surface area contributed by atoms with E-state index in [1.54, 1.807) is 32.3 Å². The number of hydrogen-bond donors (Lipinski definition) is 1. The summed E-state index contributed by atoms with van der Waals surface area (Å²) >= 11 is 9.82. The SMILES string of the molecule is CN(C)C(=O)Nc1ccc(OCC(Br)c2ccccc2)c(Cl)c1. The lowest BCUT2D eigenvalue weighted by molar-refractivity contribution is 0.230. The Morgan fingerprint density at radius 1 is 1.26 bits per heavy atom. The van der Waals surface area contributed by atoms with E-state index >= 15 is 0 Å². The molecule has 2 rings (SSSR count). The molecule has 2 amide bonds. The number of hydrogen-bond acceptors (Lipinski definition) is 2. The van der Waals surface area contributed by atoms with Crippen molar-refractivity contribution < 1.29 is 9.53 Å². The van der Waals surface area contributed by atoms with Crippen molar-refractivity contribution in [2.45, 2.75) is 4.83 Å². The van der Waals surface area contributed by atoms with E-state index in [4.69, 9.17) is 16.3 Å². The third-order valence-electron chi connectivity index (χ3n) is 3.14. The van der Waals surface area contributed by atoms with Crippen LogP contribution in [0.15, 0.2) is 48.5 Å². The molecule has 0 aromatic heterocycles. The maximum Gasteiger partial charge on any atom is 0.321 e. The van der Waals surface area contributed by atoms with Crippen LogP contribution in [0.5, 0.6) is 5.75 Å². The van der Waals surface area contributed by atoms with Crippen LogP contribution in [0.25, 0.3) is 0 Å². The van der Waals surface area contributed by atoms with Crippen LogP contribution in [-0.2, 0) is 0 Å². The maximum atomic E-state index is 11.6. The lowest BCUT2D eigenvalue weighted by Gasteiger charge is -2.15. The predicted molar refractivity (Wildman–Crippen MR) is 97.8 cm³/mol. The average molecular weight is 398 g/mol. The Hall–Kier alpha value is -1.72. The van der Waals surface area contributed by atoms with Gasteiger partial charge in [-0.1, -0.05) is 57.9 Å². The standard InChI is InChI=1S/C17H18BrClN2O2/c1-21(2)17(22)20-13-8-9-16(15(19)10-13)23-11-14(18)12-6-4-3-5-7-12/h3-10,14H,11H2,1-2H3,(H,20,22). The molecule has 0 aliphatic heterocycles. The zero-order chi connectivity index (χ0) is 16.8. The van der Waals surface area contributed by atoms with Gasteiger partial charge in [-0.05, 0) is 23.8 Å². The second-order valence-corrected chi connectivity index (χ2v) is 6.67. The van der Waals surface area contributed by atoms with E-state index in [-0.39, 0.29) is 10.9 Å². The van der Waals surface area contributed by atoms with Gasteiger partial charge in [-0.25, -0.2) is 4.79 Å². The molecule has 0 fully saturated rings. The van der Waals surface area contributed by atoms with E-state index in [0.29, 0.717) is 23.1 Å². The van der Waals surface area contributed by atoms with E-state index in [9.17, 15) is 4.79 Å². The first-order chi connectivity index (χ1) is 11.0. The van der Waals surface area contributed by atoms with Crippen LogP contribution in [0.2, 0.25) is 5.02 Å². The molecule has 0 heterocycles. The van der Waals surface area contributed by atoms with Crippen molar-refractivity contribution in [3.63, 3.8) is 0 Å². The van der Waals surface area contributed by atoms with Crippen LogP contribution in [0, 0.1) is 0 Å². The topological polar surface area (TPSA) is 41.6 Å². The molecule has 0 spiro atoms. The van der Waals surface area contributed by atoms with Gasteiger partial charge in [-0.2, -0.15) is 0 Å². The van der Waals surface area contributed by atoms with Crippen LogP contribution in [-0.4, -0.2) is 31.6 Å². The van der Waals surface area contributed by atoms with Gasteiger partial charge in [0.25, 0.3) is 0 Å². The molecular weight excluding hydrogens is 380 g/mol. The largest absolute Gasteiger partial charge is 0.491 e. The number of anilines is 1. The van der Waals surface area contributed by atoms with Crippen molar-refractivity contribution in [3.05, 3.63) is 59.1 Å². The van der Waals surface area contributed by atoms with Crippen LogP contribution >= 0.6 is 27.5 Å². The summed E-state index contributed by atoms with van der Waals surface area (Å²) in [4.78, 5) is 13.1. The van der Waals surface area contributed by atoms with Gasteiger partial charge in [-0.3, -0.25) is 0 Å². The average Bonchev–Trinajstić information content (AvgIpc) is 2.54. The zero-order valence-electron chi connectivity index (χ0n) is 12.9. The molecule has 122 valence electrons. The summed E-state index contributed by atoms with van der Waals surface area (Å²) in [5, 5.41) is 3.19. The monoisotopic (exact) mass is 396 g/mol. The number of urea groups is 1. The summed E-state index contributed by atoms with van der Waals surface area (Å²) in [6.07, 6.45) is 0. The highest BCUT2D eigenvalue weighted by atomic mass is 79.9. The van der Waals surface area contributed by atoms with Crippen molar-refractivity contribution in [1.82, 2.24) is 4.90 Å². The van der Waals surface area contributed by atoms with E-state index < -0.39 is 0 Å². The Balaban J connectivity index is 1.97. The number of carbonyl (C=O) groups excluding carboxylic acids is 1. The number of alkyl halides is 1. The fourth-order valence-corrected chi connectivity index (χ4v) is 2.52. The Morgan fingerprint density at radius 2 is 1.96 bits per heavy atom. The first-order valence-corrected chi connectivity index (χ1v) is 8.36. The first kappa shape index (κ1) is 17.6. The first-order valence-electron chi connectivity index (χ1n) is 7.07. The van der Waals surface area contributed by atoms with Gasteiger partial charge in [0.2, 0.25) is 0 Å². The van der Waals surface area contributed by atoms with E-state index in [1.165, 1.54) is 4.90 Å². The minimum absolute atomic E-state index is 0.0767. The summed E-state index contributed by atoms with van der Waals surface area (Å²) in [7, 11) is 3.35. The number of halogens is 2. The highest BCUT2D eigenvalue weighted by Crippen LogP contribution is 2.30. The van der Waals surface area contributed by atoms with Gasteiger partial charge in [-0.15, -0.1) is 0 Å². The molecule has 0 aliphatic rings. The lowest BCUT2D eigenvalue weighted by Crippen LogP contribution is -2.27. The third-order valence-corrected chi connectivity index (χ3v) is 4.22. The molecular formula is C17H18BrClN2O2. The van der Waals surface area contributed by atoms with Crippen molar-refractivity contribution in [3.8, 4) is 5.75 Å². The molecule has 23 heavy (non-hydrogen) atoms. The highest BCUT2D eigenvalue weighted by Gasteiger charge is 2.11. The minimum Gasteiger partial charge on any atom is -0.491 e. The van der Waals surface area contributed by atoms with Gasteiger partial charge in [0.15, 0.2) is 0 Å². The van der Waals surface area contributed by atoms with Gasteiger partial charge in [0.05, 0.1) is 9.85 Å². The van der Waals surface area contributed by atoms with E-state index in [1.807, 2.05) is 30.3 Å². The van der Waals surface area contributed by atoms with E-state index in [2.05, 4.69) is 21.2 Å². The van der Waals surface area contributed by atoms with Crippen LogP contribution in [0.3, 0.4) is 0 Å². The molecule has 2 aromatic rings. The van der Waals surface area contributed by atoms with Crippen LogP contribution in [0.4, 0.5) is 10.5 Å². The summed E-state index contributed by atoms with van der Waals surface area (Å²) in [6.45, 7) is 0.452. The molecule has 0 saturated carbocycles. The van der Waals surface area contributed by atoms with Crippen molar-refractivity contribution in [2.24, 2.45) is 0 Å². The summed E-state index contributed by atoms with van der Waals surface area (Å²) in [5.74, 6) is 0.579. The Morgan fingerprint density at radius 3 is 2.57 bits per heavy atom. The Kier molecular flexibility index (Phi) is 6.30. The van der Waals surface area contributed by atoms with Crippen LogP contribution in [0.1, 0.15) is 10.4 Å². The number of nitrogens with one attached hydrogen (secondary N) is 1. The van der Waals surface area contributed by atoms with E-state index in [0.717, 1.165) is 5.56 Å². The third kappa shape index (κ3) is 5.15. The maximum absolute atomic E-state index is 11.6. The van der Waals surface area contributed by atoms with Gasteiger partial charge < -0.3 is 15.0 Å². The normalized spacial score (nSPS) is 11.7. The quantitative estimate of drug-likeness (QED) is 0.725. The molecule has 0 radical (unpaired) electrons. The molecule has 0 bridgehead atoms. The minimum atomic E-state index is -0.209. The number of amides is 2. The molecule has 6 heteroatoms. The van der Waals surface area contributed by atoms with Crippen LogP contribution < -0.4 is 10.1 Å². The molecule has 1 atom stereocenters. The lowest BCUT2D eigenvalue weighted by atomic mass is 10.2. The number of benzene rings is 2. The smallest absolute Gasteiger partial charge is 0.321 e. The second-order valence-electron chi connectivity index (χ2n) is 5.16. The van der Waals surface area contributed by atoms with Gasteiger partial charge >= 0.3 is 6.03 Å². The molecule has 1 unspecified atom stereocenters. The Bertz CT molecular complexity index is 665. The van der Waals surface area contributed by atoms with Crippen molar-refractivity contribution >= 4 is 39.2 Å². The number of rotatable bonds is 5.